The molecule has 168 valence electrons. The smallest absolute Gasteiger partial charge is 0.223 e. The van der Waals surface area contributed by atoms with Gasteiger partial charge < -0.3 is 15.4 Å². The molecule has 1 aromatic carbocycles. The molecule has 0 bridgehead atoms. The van der Waals surface area contributed by atoms with E-state index in [1.807, 2.05) is 17.0 Å². The molecule has 9 nitrogen and oxygen atoms in total. The zero-order chi connectivity index (χ0) is 22.8. The van der Waals surface area contributed by atoms with Crippen molar-refractivity contribution in [2.45, 2.75) is 6.23 Å². The van der Waals surface area contributed by atoms with Gasteiger partial charge >= 0.3 is 0 Å². The second-order valence-electron chi connectivity index (χ2n) is 7.44. The minimum Gasteiger partial charge on any atom is -0.468 e. The zero-order valence-electron chi connectivity index (χ0n) is 17.5. The summed E-state index contributed by atoms with van der Waals surface area (Å²) in [6.07, 6.45) is 3.46. The van der Waals surface area contributed by atoms with Crippen LogP contribution in [0.4, 0.5) is 16.2 Å². The molecular weight excluding hydrogens is 445 g/mol. The number of carbonyl (C=O) groups excluding carboxylic acids is 1. The normalized spacial score (nSPS) is 15.5. The third-order valence-electron chi connectivity index (χ3n) is 5.33. The number of thiazole rings is 1. The van der Waals surface area contributed by atoms with Crippen molar-refractivity contribution in [3.8, 4) is 16.3 Å². The second kappa shape index (κ2) is 9.04. The number of hydrogen-bond donors (Lipinski definition) is 1. The van der Waals surface area contributed by atoms with Gasteiger partial charge in [-0.3, -0.25) is 14.7 Å². The van der Waals surface area contributed by atoms with Crippen molar-refractivity contribution in [1.82, 2.24) is 24.8 Å². The number of piperazine rings is 1. The summed E-state index contributed by atoms with van der Waals surface area (Å²) in [5.74, 6) is 0.937. The van der Waals surface area contributed by atoms with Crippen LogP contribution in [0.25, 0.3) is 20.9 Å². The molecule has 2 N–H and O–H groups in total. The van der Waals surface area contributed by atoms with E-state index >= 15 is 0 Å². The van der Waals surface area contributed by atoms with E-state index in [0.29, 0.717) is 48.1 Å². The molecular formula is C22H20FN7O2S. The zero-order valence-corrected chi connectivity index (χ0v) is 18.3. The van der Waals surface area contributed by atoms with Gasteiger partial charge in [0, 0.05) is 44.1 Å². The number of rotatable bonds is 6. The van der Waals surface area contributed by atoms with Crippen molar-refractivity contribution in [1.29, 1.82) is 0 Å². The Morgan fingerprint density at radius 3 is 2.58 bits per heavy atom. The molecule has 1 saturated heterocycles. The van der Waals surface area contributed by atoms with Crippen LogP contribution >= 0.6 is 11.3 Å². The number of aldehydes is 1. The van der Waals surface area contributed by atoms with E-state index in [-0.39, 0.29) is 11.8 Å². The van der Waals surface area contributed by atoms with Gasteiger partial charge in [0.1, 0.15) is 22.1 Å². The van der Waals surface area contributed by atoms with E-state index in [2.05, 4.69) is 19.9 Å². The summed E-state index contributed by atoms with van der Waals surface area (Å²) in [4.78, 5) is 34.2. The Bertz CT molecular complexity index is 1260. The number of nitrogens with two attached hydrogens (primary N) is 1. The lowest BCUT2D eigenvalue weighted by Gasteiger charge is -2.37. The van der Waals surface area contributed by atoms with Crippen LogP contribution in [-0.4, -0.2) is 63.5 Å². The monoisotopic (exact) mass is 465 g/mol. The van der Waals surface area contributed by atoms with Crippen LogP contribution in [0.15, 0.2) is 48.8 Å². The number of carbonyl (C=O) groups is 1. The second-order valence-corrected chi connectivity index (χ2v) is 8.42. The predicted molar refractivity (Wildman–Crippen MR) is 124 cm³/mol. The molecule has 1 aliphatic rings. The van der Waals surface area contributed by atoms with Crippen LogP contribution in [-0.2, 0) is 4.79 Å². The van der Waals surface area contributed by atoms with Gasteiger partial charge in [0.05, 0.1) is 0 Å². The molecule has 33 heavy (non-hydrogen) atoms. The van der Waals surface area contributed by atoms with Gasteiger partial charge in [0.15, 0.2) is 16.9 Å². The van der Waals surface area contributed by atoms with E-state index in [4.69, 9.17) is 15.5 Å². The van der Waals surface area contributed by atoms with Crippen molar-refractivity contribution in [2.75, 3.05) is 36.8 Å². The minimum atomic E-state index is -0.760. The van der Waals surface area contributed by atoms with Gasteiger partial charge in [0.25, 0.3) is 0 Å². The average molecular weight is 466 g/mol. The lowest BCUT2D eigenvalue weighted by molar-refractivity contribution is -0.121. The van der Waals surface area contributed by atoms with Gasteiger partial charge in [-0.2, -0.15) is 4.98 Å². The Balaban J connectivity index is 1.34. The Morgan fingerprint density at radius 2 is 1.88 bits per heavy atom. The molecule has 0 amide bonds. The highest BCUT2D eigenvalue weighted by atomic mass is 32.1. The van der Waals surface area contributed by atoms with E-state index in [0.717, 1.165) is 16.9 Å². The summed E-state index contributed by atoms with van der Waals surface area (Å²) in [6.45, 7) is 2.33. The summed E-state index contributed by atoms with van der Waals surface area (Å²) < 4.78 is 18.9. The molecule has 4 heterocycles. The van der Waals surface area contributed by atoms with Crippen molar-refractivity contribution in [3.63, 3.8) is 0 Å². The fourth-order valence-electron chi connectivity index (χ4n) is 3.69. The number of hydrogen-bond acceptors (Lipinski definition) is 10. The lowest BCUT2D eigenvalue weighted by atomic mass is 10.3. The summed E-state index contributed by atoms with van der Waals surface area (Å²) in [6, 6.07) is 9.41. The van der Waals surface area contributed by atoms with Crippen LogP contribution in [0.5, 0.6) is 5.75 Å². The number of pyridine rings is 1. The Hall–Kier alpha value is -3.70. The minimum absolute atomic E-state index is 0.187. The molecule has 0 spiro atoms. The number of halogens is 1. The molecule has 0 radical (unpaired) electrons. The van der Waals surface area contributed by atoms with Gasteiger partial charge in [0.2, 0.25) is 12.2 Å². The standard InChI is InChI=1S/C22H20FN7O2S/c23-15-3-5-16(6-4-15)32-17(13-31)29-8-10-30(11-9-29)19-18-21(28-22(24)27-19)33-20(26-18)14-2-1-7-25-12-14/h1-7,12-13,17H,8-11H2,(H2,24,27,28). The predicted octanol–water partition coefficient (Wildman–Crippen LogP) is 2.60. The molecule has 1 aliphatic heterocycles. The fraction of sp³-hybridized carbons (Fsp3) is 0.227. The van der Waals surface area contributed by atoms with Gasteiger partial charge in [-0.25, -0.2) is 14.4 Å². The third-order valence-corrected chi connectivity index (χ3v) is 6.33. The summed E-state index contributed by atoms with van der Waals surface area (Å²) in [5.41, 5.74) is 7.58. The Kier molecular flexibility index (Phi) is 5.80. The largest absolute Gasteiger partial charge is 0.468 e. The number of fused-ring (bicyclic) bond motifs is 1. The highest BCUT2D eigenvalue weighted by Crippen LogP contribution is 2.34. The lowest BCUT2D eigenvalue weighted by Crippen LogP contribution is -2.53. The molecule has 3 aromatic heterocycles. The SMILES string of the molecule is Nc1nc(N2CCN(C(C=O)Oc3ccc(F)cc3)CC2)c2nc(-c3cccnc3)sc2n1. The number of ether oxygens (including phenoxy) is 1. The number of anilines is 2. The molecule has 5 rings (SSSR count). The number of nitrogens with zero attached hydrogens (tertiary/aromatic N) is 6. The van der Waals surface area contributed by atoms with Crippen molar-refractivity contribution in [3.05, 3.63) is 54.6 Å². The fourth-order valence-corrected chi connectivity index (χ4v) is 4.62. The molecule has 1 atom stereocenters. The maximum Gasteiger partial charge on any atom is 0.223 e. The summed E-state index contributed by atoms with van der Waals surface area (Å²) >= 11 is 1.44. The Labute approximate surface area is 192 Å². The average Bonchev–Trinajstić information content (AvgIpc) is 3.28. The van der Waals surface area contributed by atoms with E-state index < -0.39 is 6.23 Å². The topological polar surface area (TPSA) is 110 Å². The first-order valence-electron chi connectivity index (χ1n) is 10.3. The van der Waals surface area contributed by atoms with Gasteiger partial charge in [-0.05, 0) is 36.4 Å². The summed E-state index contributed by atoms with van der Waals surface area (Å²) in [5, 5.41) is 0.798. The van der Waals surface area contributed by atoms with Crippen LogP contribution in [0.2, 0.25) is 0 Å². The quantitative estimate of drug-likeness (QED) is 0.430. The van der Waals surface area contributed by atoms with Crippen LogP contribution in [0.3, 0.4) is 0 Å². The maximum atomic E-state index is 13.1. The number of benzene rings is 1. The third kappa shape index (κ3) is 4.45. The molecule has 0 saturated carbocycles. The molecule has 4 aromatic rings. The van der Waals surface area contributed by atoms with E-state index in [1.54, 1.807) is 12.4 Å². The van der Waals surface area contributed by atoms with Crippen LogP contribution in [0.1, 0.15) is 0 Å². The van der Waals surface area contributed by atoms with Crippen molar-refractivity contribution < 1.29 is 13.9 Å². The first-order chi connectivity index (χ1) is 16.1. The first kappa shape index (κ1) is 21.2. The Morgan fingerprint density at radius 1 is 1.09 bits per heavy atom. The molecule has 1 fully saturated rings. The first-order valence-corrected chi connectivity index (χ1v) is 11.1. The maximum absolute atomic E-state index is 13.1. The molecule has 11 heteroatoms. The van der Waals surface area contributed by atoms with Crippen molar-refractivity contribution in [2.24, 2.45) is 0 Å². The highest BCUT2D eigenvalue weighted by molar-refractivity contribution is 7.21. The van der Waals surface area contributed by atoms with E-state index in [9.17, 15) is 9.18 Å². The molecule has 0 aliphatic carbocycles. The summed E-state index contributed by atoms with van der Waals surface area (Å²) in [7, 11) is 0. The van der Waals surface area contributed by atoms with E-state index in [1.165, 1.54) is 35.6 Å². The van der Waals surface area contributed by atoms with Gasteiger partial charge in [-0.15, -0.1) is 0 Å². The molecule has 1 unspecified atom stereocenters. The number of aromatic nitrogens is 4. The van der Waals surface area contributed by atoms with Crippen molar-refractivity contribution >= 4 is 39.7 Å². The van der Waals surface area contributed by atoms with Crippen LogP contribution < -0.4 is 15.4 Å². The van der Waals surface area contributed by atoms with Gasteiger partial charge in [-0.1, -0.05) is 11.3 Å². The highest BCUT2D eigenvalue weighted by Gasteiger charge is 2.27. The number of nitrogen functional groups attached to an aromatic ring is 1. The van der Waals surface area contributed by atoms with Crippen LogP contribution in [0, 0.1) is 5.82 Å².